The molecule has 0 spiro atoms. The highest BCUT2D eigenvalue weighted by Crippen LogP contribution is 2.29. The molecule has 0 aromatic heterocycles. The third-order valence-electron chi connectivity index (χ3n) is 3.20. The van der Waals surface area contributed by atoms with Gasteiger partial charge in [0.2, 0.25) is 10.0 Å². The van der Waals surface area contributed by atoms with Gasteiger partial charge in [-0.05, 0) is 12.8 Å². The second kappa shape index (κ2) is 4.07. The number of nitrogens with zero attached hydrogens (tertiary/aromatic N) is 3. The summed E-state index contributed by atoms with van der Waals surface area (Å²) in [7, 11) is -3.85. The summed E-state index contributed by atoms with van der Waals surface area (Å²) in [6.07, 6.45) is 1.50. The van der Waals surface area contributed by atoms with Gasteiger partial charge in [0.1, 0.15) is 6.04 Å². The third kappa shape index (κ3) is 1.91. The first-order valence-corrected chi connectivity index (χ1v) is 7.16. The highest BCUT2D eigenvalue weighted by Gasteiger charge is 2.48. The van der Waals surface area contributed by atoms with Gasteiger partial charge in [-0.3, -0.25) is 10.0 Å². The highest BCUT2D eigenvalue weighted by molar-refractivity contribution is 7.88. The summed E-state index contributed by atoms with van der Waals surface area (Å²) < 4.78 is 22.5. The van der Waals surface area contributed by atoms with Crippen LogP contribution in [0.2, 0.25) is 0 Å². The van der Waals surface area contributed by atoms with E-state index in [-0.39, 0.29) is 23.4 Å². The van der Waals surface area contributed by atoms with E-state index in [9.17, 15) is 23.2 Å². The van der Waals surface area contributed by atoms with Gasteiger partial charge in [0.15, 0.2) is 0 Å². The average molecular weight is 278 g/mol. The number of fused-ring (bicyclic) bond motifs is 2. The molecule has 2 heterocycles. The number of sulfonamides is 1. The molecule has 2 atom stereocenters. The summed E-state index contributed by atoms with van der Waals surface area (Å²) in [4.78, 5) is 24.7. The van der Waals surface area contributed by atoms with Crippen molar-refractivity contribution in [1.82, 2.24) is 14.4 Å². The standard InChI is InChI=1S/C8H14N4O5S/c1-18(16,17)12(9)7(13)6-3-2-5-4-10(6)8(14)11(5)15/h5-6,15H,2-4,9H2,1H3/t5-,6-/m1/s1. The zero-order valence-corrected chi connectivity index (χ0v) is 10.5. The molecule has 102 valence electrons. The molecule has 0 aromatic carbocycles. The van der Waals surface area contributed by atoms with Crippen molar-refractivity contribution in [3.05, 3.63) is 0 Å². The van der Waals surface area contributed by atoms with Crippen molar-refractivity contribution in [3.63, 3.8) is 0 Å². The van der Waals surface area contributed by atoms with Crippen molar-refractivity contribution in [2.45, 2.75) is 24.9 Å². The molecule has 2 aliphatic heterocycles. The van der Waals surface area contributed by atoms with Gasteiger partial charge < -0.3 is 4.90 Å². The Labute approximate surface area is 104 Å². The summed E-state index contributed by atoms with van der Waals surface area (Å²) in [6, 6.07) is -1.98. The van der Waals surface area contributed by atoms with Gasteiger partial charge in [-0.25, -0.2) is 24.1 Å². The topological polar surface area (TPSA) is 124 Å². The first-order chi connectivity index (χ1) is 8.23. The molecule has 0 aliphatic carbocycles. The van der Waals surface area contributed by atoms with Crippen molar-refractivity contribution in [1.29, 1.82) is 0 Å². The number of carbonyl (C=O) groups is 2. The van der Waals surface area contributed by atoms with Crippen LogP contribution >= 0.6 is 0 Å². The fourth-order valence-electron chi connectivity index (χ4n) is 2.22. The predicted molar refractivity (Wildman–Crippen MR) is 58.4 cm³/mol. The van der Waals surface area contributed by atoms with Gasteiger partial charge in [0, 0.05) is 6.54 Å². The smallest absolute Gasteiger partial charge is 0.309 e. The van der Waals surface area contributed by atoms with E-state index in [0.29, 0.717) is 11.5 Å². The number of nitrogens with two attached hydrogens (primary N) is 1. The third-order valence-corrected chi connectivity index (χ3v) is 4.10. The van der Waals surface area contributed by atoms with Crippen molar-refractivity contribution in [2.24, 2.45) is 5.84 Å². The average Bonchev–Trinajstić information content (AvgIpc) is 2.52. The van der Waals surface area contributed by atoms with Crippen molar-refractivity contribution in [3.8, 4) is 0 Å². The van der Waals surface area contributed by atoms with E-state index in [2.05, 4.69) is 0 Å². The van der Waals surface area contributed by atoms with E-state index in [0.717, 1.165) is 11.2 Å². The molecule has 18 heavy (non-hydrogen) atoms. The maximum atomic E-state index is 11.9. The molecule has 0 unspecified atom stereocenters. The normalized spacial score (nSPS) is 27.6. The Morgan fingerprint density at radius 1 is 1.50 bits per heavy atom. The van der Waals surface area contributed by atoms with Crippen LogP contribution in [0.5, 0.6) is 0 Å². The first kappa shape index (κ1) is 13.1. The van der Waals surface area contributed by atoms with Gasteiger partial charge in [-0.15, -0.1) is 0 Å². The highest BCUT2D eigenvalue weighted by atomic mass is 32.2. The van der Waals surface area contributed by atoms with Crippen LogP contribution in [0.15, 0.2) is 0 Å². The number of hydroxylamine groups is 2. The van der Waals surface area contributed by atoms with E-state index in [1.807, 2.05) is 0 Å². The van der Waals surface area contributed by atoms with Crippen LogP contribution in [0, 0.1) is 0 Å². The predicted octanol–water partition coefficient (Wildman–Crippen LogP) is -1.69. The maximum absolute atomic E-state index is 11.9. The summed E-state index contributed by atoms with van der Waals surface area (Å²) in [5, 5.41) is 10.0. The molecule has 10 heteroatoms. The molecule has 2 saturated heterocycles. The Bertz CT molecular complexity index is 492. The van der Waals surface area contributed by atoms with Crippen LogP contribution in [-0.4, -0.2) is 64.8 Å². The second-order valence-electron chi connectivity index (χ2n) is 4.42. The quantitative estimate of drug-likeness (QED) is 0.269. The first-order valence-electron chi connectivity index (χ1n) is 5.31. The van der Waals surface area contributed by atoms with Crippen LogP contribution < -0.4 is 5.84 Å². The molecule has 9 nitrogen and oxygen atoms in total. The van der Waals surface area contributed by atoms with Gasteiger partial charge in [0.05, 0.1) is 12.3 Å². The minimum atomic E-state index is -3.85. The molecule has 2 rings (SSSR count). The van der Waals surface area contributed by atoms with Gasteiger partial charge in [0.25, 0.3) is 5.91 Å². The number of urea groups is 1. The lowest BCUT2D eigenvalue weighted by molar-refractivity contribution is -0.131. The Hall–Kier alpha value is -1.39. The van der Waals surface area contributed by atoms with E-state index in [1.165, 1.54) is 0 Å². The van der Waals surface area contributed by atoms with Crippen LogP contribution in [0.4, 0.5) is 4.79 Å². The van der Waals surface area contributed by atoms with Crippen molar-refractivity contribution in [2.75, 3.05) is 12.8 Å². The van der Waals surface area contributed by atoms with Crippen LogP contribution in [0.3, 0.4) is 0 Å². The van der Waals surface area contributed by atoms with Crippen LogP contribution in [0.1, 0.15) is 12.8 Å². The monoisotopic (exact) mass is 278 g/mol. The molecular weight excluding hydrogens is 264 g/mol. The Morgan fingerprint density at radius 2 is 2.11 bits per heavy atom. The van der Waals surface area contributed by atoms with E-state index < -0.39 is 28.0 Å². The van der Waals surface area contributed by atoms with Gasteiger partial charge in [-0.1, -0.05) is 0 Å². The lowest BCUT2D eigenvalue weighted by Gasteiger charge is -2.31. The molecule has 3 N–H and O–H groups in total. The lowest BCUT2D eigenvalue weighted by atomic mass is 10.0. The summed E-state index contributed by atoms with van der Waals surface area (Å²) >= 11 is 0. The largest absolute Gasteiger partial charge is 0.344 e. The van der Waals surface area contributed by atoms with Gasteiger partial charge >= 0.3 is 6.03 Å². The van der Waals surface area contributed by atoms with Crippen LogP contribution in [0.25, 0.3) is 0 Å². The second-order valence-corrected chi connectivity index (χ2v) is 6.28. The van der Waals surface area contributed by atoms with Gasteiger partial charge in [-0.2, -0.15) is 4.41 Å². The fourth-order valence-corrected chi connectivity index (χ4v) is 2.67. The number of piperidine rings is 1. The van der Waals surface area contributed by atoms with E-state index in [1.54, 1.807) is 0 Å². The zero-order valence-electron chi connectivity index (χ0n) is 9.68. The zero-order chi connectivity index (χ0) is 13.7. The van der Waals surface area contributed by atoms with Crippen LogP contribution in [-0.2, 0) is 14.8 Å². The minimum Gasteiger partial charge on any atom is -0.309 e. The number of amides is 3. The number of hydrogen-bond donors (Lipinski definition) is 2. The molecule has 2 aliphatic rings. The molecule has 2 bridgehead atoms. The Morgan fingerprint density at radius 3 is 2.67 bits per heavy atom. The van der Waals surface area contributed by atoms with E-state index in [4.69, 9.17) is 5.84 Å². The maximum Gasteiger partial charge on any atom is 0.344 e. The number of carbonyl (C=O) groups excluding carboxylic acids is 2. The molecule has 0 aromatic rings. The molecule has 0 radical (unpaired) electrons. The van der Waals surface area contributed by atoms with Crippen molar-refractivity contribution < 1.29 is 23.2 Å². The number of hydrazine groups is 1. The summed E-state index contributed by atoms with van der Waals surface area (Å²) in [5.74, 6) is 4.36. The van der Waals surface area contributed by atoms with E-state index >= 15 is 0 Å². The Kier molecular flexibility index (Phi) is 2.95. The minimum absolute atomic E-state index is 0.144. The fraction of sp³-hybridized carbons (Fsp3) is 0.750. The van der Waals surface area contributed by atoms with Crippen molar-refractivity contribution >= 4 is 22.0 Å². The molecular formula is C8H14N4O5S. The lowest BCUT2D eigenvalue weighted by Crippen LogP contribution is -2.54. The molecule has 0 saturated carbocycles. The number of hydrogen-bond acceptors (Lipinski definition) is 6. The Balaban J connectivity index is 2.20. The summed E-state index contributed by atoms with van der Waals surface area (Å²) in [6.45, 7) is 0.198. The number of rotatable bonds is 2. The molecule has 3 amide bonds. The summed E-state index contributed by atoms with van der Waals surface area (Å²) in [5.41, 5.74) is 0. The SMILES string of the molecule is CS(=O)(=O)N(N)C(=O)[C@H]1CC[C@@H]2CN1C(=O)N2O. The molecule has 2 fully saturated rings.